The predicted octanol–water partition coefficient (Wildman–Crippen LogP) is 2.60. The van der Waals surface area contributed by atoms with Crippen LogP contribution in [0.1, 0.15) is 30.5 Å². The first-order valence-corrected chi connectivity index (χ1v) is 9.18. The number of carboxylic acid groups (broad SMARTS) is 1. The number of nitrogens with one attached hydrogen (secondary N) is 1. The van der Waals surface area contributed by atoms with Crippen LogP contribution in [0.25, 0.3) is 5.82 Å². The van der Waals surface area contributed by atoms with E-state index >= 15 is 0 Å². The molecule has 2 N–H and O–H groups in total. The lowest BCUT2D eigenvalue weighted by Gasteiger charge is -2.23. The number of fused-ring (bicyclic) bond motifs is 1. The van der Waals surface area contributed by atoms with E-state index in [1.165, 1.54) is 0 Å². The van der Waals surface area contributed by atoms with Crippen LogP contribution in [-0.2, 0) is 4.79 Å². The number of carbonyl (C=O) groups excluding carboxylic acids is 1. The van der Waals surface area contributed by atoms with E-state index in [2.05, 4.69) is 15.4 Å². The molecule has 2 aliphatic rings. The van der Waals surface area contributed by atoms with Crippen molar-refractivity contribution in [2.75, 3.05) is 18.4 Å². The molecule has 0 bridgehead atoms. The van der Waals surface area contributed by atoms with Crippen molar-refractivity contribution in [3.05, 3.63) is 35.7 Å². The Kier molecular flexibility index (Phi) is 4.13. The third-order valence-corrected chi connectivity index (χ3v) is 5.77. The number of aliphatic carboxylic acids is 1. The second kappa shape index (κ2) is 6.37. The Bertz CT molecular complexity index is 909. The number of hydrogen-bond donors (Lipinski definition) is 2. The largest absolute Gasteiger partial charge is 0.481 e. The molecule has 0 aromatic carbocycles. The van der Waals surface area contributed by atoms with E-state index in [9.17, 15) is 14.7 Å². The maximum absolute atomic E-state index is 12.8. The summed E-state index contributed by atoms with van der Waals surface area (Å²) in [7, 11) is 0. The molecular formula is C19H23N5O3. The van der Waals surface area contributed by atoms with Crippen LogP contribution in [0.4, 0.5) is 10.6 Å². The molecule has 2 fully saturated rings. The highest BCUT2D eigenvalue weighted by atomic mass is 16.4. The summed E-state index contributed by atoms with van der Waals surface area (Å²) in [6.45, 7) is 4.55. The first-order chi connectivity index (χ1) is 12.9. The van der Waals surface area contributed by atoms with Crippen molar-refractivity contribution in [3.63, 3.8) is 0 Å². The number of carboxylic acids is 1. The molecule has 3 heterocycles. The second-order valence-corrected chi connectivity index (χ2v) is 7.64. The lowest BCUT2D eigenvalue weighted by atomic mass is 9.81. The maximum atomic E-state index is 12.8. The fourth-order valence-corrected chi connectivity index (χ4v) is 4.38. The summed E-state index contributed by atoms with van der Waals surface area (Å²) in [5.74, 6) is 0.395. The maximum Gasteiger partial charge on any atom is 0.323 e. The van der Waals surface area contributed by atoms with Gasteiger partial charge in [-0.15, -0.1) is 0 Å². The molecule has 1 aliphatic heterocycles. The van der Waals surface area contributed by atoms with Crippen LogP contribution in [0.2, 0.25) is 0 Å². The highest BCUT2D eigenvalue weighted by molar-refractivity contribution is 5.90. The zero-order chi connectivity index (χ0) is 19.2. The lowest BCUT2D eigenvalue weighted by molar-refractivity contribution is -0.149. The van der Waals surface area contributed by atoms with Gasteiger partial charge in [0.05, 0.1) is 11.1 Å². The number of aryl methyl sites for hydroxylation is 2. The third-order valence-electron chi connectivity index (χ3n) is 5.77. The molecule has 2 atom stereocenters. The average Bonchev–Trinajstić information content (AvgIpc) is 3.27. The quantitative estimate of drug-likeness (QED) is 0.866. The van der Waals surface area contributed by atoms with Crippen LogP contribution < -0.4 is 5.32 Å². The van der Waals surface area contributed by atoms with Gasteiger partial charge in [-0.05, 0) is 50.3 Å². The number of hydrogen-bond acceptors (Lipinski definition) is 4. The smallest absolute Gasteiger partial charge is 0.323 e. The van der Waals surface area contributed by atoms with Gasteiger partial charge in [0.2, 0.25) is 0 Å². The Morgan fingerprint density at radius 1 is 1.33 bits per heavy atom. The second-order valence-electron chi connectivity index (χ2n) is 7.64. The van der Waals surface area contributed by atoms with Crippen molar-refractivity contribution < 1.29 is 14.7 Å². The number of rotatable bonds is 3. The molecule has 0 radical (unpaired) electrons. The number of aromatic nitrogens is 3. The van der Waals surface area contributed by atoms with Gasteiger partial charge in [0.15, 0.2) is 5.82 Å². The van der Waals surface area contributed by atoms with Gasteiger partial charge < -0.3 is 10.0 Å². The molecule has 2 aromatic heterocycles. The molecular weight excluding hydrogens is 346 g/mol. The van der Waals surface area contributed by atoms with E-state index in [1.54, 1.807) is 21.8 Å². The third kappa shape index (κ3) is 2.94. The van der Waals surface area contributed by atoms with E-state index < -0.39 is 11.4 Å². The minimum atomic E-state index is -0.787. The van der Waals surface area contributed by atoms with E-state index in [0.717, 1.165) is 24.1 Å². The topological polar surface area (TPSA) is 100 Å². The van der Waals surface area contributed by atoms with E-state index in [-0.39, 0.29) is 18.5 Å². The van der Waals surface area contributed by atoms with Gasteiger partial charge in [-0.25, -0.2) is 9.78 Å². The predicted molar refractivity (Wildman–Crippen MR) is 98.8 cm³/mol. The monoisotopic (exact) mass is 369 g/mol. The molecule has 142 valence electrons. The molecule has 0 spiro atoms. The number of urea groups is 1. The molecule has 4 rings (SSSR count). The Morgan fingerprint density at radius 3 is 2.85 bits per heavy atom. The zero-order valence-corrected chi connectivity index (χ0v) is 15.5. The fourth-order valence-electron chi connectivity index (χ4n) is 4.38. The van der Waals surface area contributed by atoms with Gasteiger partial charge in [-0.3, -0.25) is 10.1 Å². The van der Waals surface area contributed by atoms with Crippen molar-refractivity contribution in [3.8, 4) is 5.82 Å². The van der Waals surface area contributed by atoms with Crippen LogP contribution in [0.5, 0.6) is 0 Å². The first-order valence-electron chi connectivity index (χ1n) is 9.18. The summed E-state index contributed by atoms with van der Waals surface area (Å²) in [5.41, 5.74) is 1.01. The van der Waals surface area contributed by atoms with Gasteiger partial charge in [-0.2, -0.15) is 9.78 Å². The highest BCUT2D eigenvalue weighted by Crippen LogP contribution is 2.48. The van der Waals surface area contributed by atoms with Crippen molar-refractivity contribution in [2.24, 2.45) is 11.3 Å². The van der Waals surface area contributed by atoms with Crippen LogP contribution in [0, 0.1) is 25.2 Å². The van der Waals surface area contributed by atoms with Gasteiger partial charge in [-0.1, -0.05) is 6.42 Å². The first kappa shape index (κ1) is 17.5. The van der Waals surface area contributed by atoms with E-state index in [4.69, 9.17) is 0 Å². The molecule has 1 saturated heterocycles. The number of pyridine rings is 1. The Labute approximate surface area is 157 Å². The molecule has 27 heavy (non-hydrogen) atoms. The van der Waals surface area contributed by atoms with Crippen LogP contribution >= 0.6 is 0 Å². The Morgan fingerprint density at radius 2 is 2.15 bits per heavy atom. The van der Waals surface area contributed by atoms with Crippen molar-refractivity contribution in [1.82, 2.24) is 19.7 Å². The normalized spacial score (nSPS) is 24.1. The molecule has 8 heteroatoms. The summed E-state index contributed by atoms with van der Waals surface area (Å²) in [6.07, 6.45) is 4.12. The summed E-state index contributed by atoms with van der Waals surface area (Å²) >= 11 is 0. The van der Waals surface area contributed by atoms with E-state index in [0.29, 0.717) is 24.6 Å². The minimum absolute atomic E-state index is 0.0332. The lowest BCUT2D eigenvalue weighted by Crippen LogP contribution is -2.39. The summed E-state index contributed by atoms with van der Waals surface area (Å²) < 4.78 is 1.60. The number of likely N-dealkylation sites (tertiary alicyclic amines) is 1. The van der Waals surface area contributed by atoms with Gasteiger partial charge in [0.1, 0.15) is 5.82 Å². The number of nitrogens with zero attached hydrogens (tertiary/aromatic N) is 4. The number of carbonyl (C=O) groups is 2. The highest BCUT2D eigenvalue weighted by Gasteiger charge is 2.55. The summed E-state index contributed by atoms with van der Waals surface area (Å²) in [6, 6.07) is 5.28. The molecule has 1 aliphatic carbocycles. The number of anilines is 1. The summed E-state index contributed by atoms with van der Waals surface area (Å²) in [4.78, 5) is 30.6. The Balaban J connectivity index is 1.55. The average molecular weight is 369 g/mol. The SMILES string of the molecule is Cc1ccnc(-n2nc(C)cc2NC(=O)N2C[C@@H]3CCC[C@@]3(C(=O)O)C2)c1. The zero-order valence-electron chi connectivity index (χ0n) is 15.5. The van der Waals surface area contributed by atoms with Gasteiger partial charge >= 0.3 is 12.0 Å². The molecule has 1 saturated carbocycles. The molecule has 8 nitrogen and oxygen atoms in total. The van der Waals surface area contributed by atoms with Crippen molar-refractivity contribution in [1.29, 1.82) is 0 Å². The molecule has 0 unspecified atom stereocenters. The van der Waals surface area contributed by atoms with E-state index in [1.807, 2.05) is 26.0 Å². The molecule has 2 amide bonds. The standard InChI is InChI=1S/C19H23N5O3/c1-12-5-7-20-15(8-12)24-16(9-13(2)22-24)21-18(27)23-10-14-4-3-6-19(14,11-23)17(25)26/h5,7-9,14H,3-4,6,10-11H2,1-2H3,(H,21,27)(H,25,26)/t14-,19+/m0/s1. The fraction of sp³-hybridized carbons (Fsp3) is 0.474. The number of amides is 2. The van der Waals surface area contributed by atoms with Crippen LogP contribution in [-0.4, -0.2) is 49.9 Å². The van der Waals surface area contributed by atoms with Gasteiger partial charge in [0.25, 0.3) is 0 Å². The Hall–Kier alpha value is -2.90. The molecule has 2 aromatic rings. The summed E-state index contributed by atoms with van der Waals surface area (Å²) in [5, 5.41) is 17.0. The van der Waals surface area contributed by atoms with Crippen LogP contribution in [0.3, 0.4) is 0 Å². The van der Waals surface area contributed by atoms with Crippen molar-refractivity contribution >= 4 is 17.8 Å². The van der Waals surface area contributed by atoms with Crippen molar-refractivity contribution in [2.45, 2.75) is 33.1 Å². The van der Waals surface area contributed by atoms with Gasteiger partial charge in [0, 0.05) is 25.4 Å². The van der Waals surface area contributed by atoms with Crippen LogP contribution in [0.15, 0.2) is 24.4 Å². The minimum Gasteiger partial charge on any atom is -0.481 e.